The van der Waals surface area contributed by atoms with Crippen molar-refractivity contribution in [1.82, 2.24) is 5.32 Å². The molecule has 182 valence electrons. The molecule has 0 bridgehead atoms. The van der Waals surface area contributed by atoms with E-state index in [1.165, 1.54) is 4.31 Å². The maximum absolute atomic E-state index is 12.6. The molecule has 0 saturated carbocycles. The van der Waals surface area contributed by atoms with Crippen LogP contribution in [0, 0.1) is 5.92 Å². The largest absolute Gasteiger partial charge is 0.455 e. The van der Waals surface area contributed by atoms with Gasteiger partial charge in [-0.15, -0.1) is 0 Å². The smallest absolute Gasteiger partial charge is 0.232 e. The normalized spacial score (nSPS) is 12.2. The first-order valence-electron chi connectivity index (χ1n) is 11.5. The van der Waals surface area contributed by atoms with Crippen LogP contribution in [0.5, 0.6) is 11.5 Å². The molecule has 8 heteroatoms. The van der Waals surface area contributed by atoms with Crippen LogP contribution in [-0.4, -0.2) is 33.7 Å². The summed E-state index contributed by atoms with van der Waals surface area (Å²) in [5, 5.41) is 3.39. The molecule has 0 radical (unpaired) electrons. The van der Waals surface area contributed by atoms with Gasteiger partial charge in [0.2, 0.25) is 15.9 Å². The molecule has 0 aliphatic heterocycles. The van der Waals surface area contributed by atoms with Gasteiger partial charge in [0.05, 0.1) is 11.9 Å². The van der Waals surface area contributed by atoms with Crippen LogP contribution in [0.1, 0.15) is 52.4 Å². The highest BCUT2D eigenvalue weighted by molar-refractivity contribution is 7.92. The highest BCUT2D eigenvalue weighted by atomic mass is 35.5. The third-order valence-electron chi connectivity index (χ3n) is 5.46. The lowest BCUT2D eigenvalue weighted by Crippen LogP contribution is -2.33. The topological polar surface area (TPSA) is 75.7 Å². The van der Waals surface area contributed by atoms with E-state index in [2.05, 4.69) is 19.2 Å². The molecule has 2 aromatic rings. The van der Waals surface area contributed by atoms with Gasteiger partial charge in [-0.25, -0.2) is 8.42 Å². The molecule has 33 heavy (non-hydrogen) atoms. The van der Waals surface area contributed by atoms with Gasteiger partial charge in [-0.3, -0.25) is 9.10 Å². The lowest BCUT2D eigenvalue weighted by atomic mass is 9.99. The van der Waals surface area contributed by atoms with Gasteiger partial charge >= 0.3 is 0 Å². The highest BCUT2D eigenvalue weighted by Gasteiger charge is 2.22. The fourth-order valence-corrected chi connectivity index (χ4v) is 4.65. The first-order valence-corrected chi connectivity index (χ1v) is 13.7. The molecular formula is C25H35ClN2O4S. The number of carbonyl (C=O) groups is 1. The predicted molar refractivity (Wildman–Crippen MR) is 136 cm³/mol. The number of hydrogen-bond acceptors (Lipinski definition) is 4. The molecule has 0 heterocycles. The molecule has 1 N–H and O–H groups in total. The van der Waals surface area contributed by atoms with E-state index in [1.807, 2.05) is 18.2 Å². The molecule has 6 nitrogen and oxygen atoms in total. The maximum atomic E-state index is 12.6. The summed E-state index contributed by atoms with van der Waals surface area (Å²) >= 11 is 6.18. The average molecular weight is 495 g/mol. The van der Waals surface area contributed by atoms with Crippen molar-refractivity contribution >= 4 is 33.2 Å². The Morgan fingerprint density at radius 1 is 1.12 bits per heavy atom. The molecule has 1 amide bonds. The number of hydrogen-bond donors (Lipinski definition) is 1. The first kappa shape index (κ1) is 27.0. The summed E-state index contributed by atoms with van der Waals surface area (Å²) in [4.78, 5) is 12.3. The Morgan fingerprint density at radius 3 is 2.48 bits per heavy atom. The maximum Gasteiger partial charge on any atom is 0.232 e. The minimum Gasteiger partial charge on any atom is -0.455 e. The lowest BCUT2D eigenvalue weighted by molar-refractivity contribution is -0.121. The minimum atomic E-state index is -3.62. The van der Waals surface area contributed by atoms with Crippen LogP contribution in [0.3, 0.4) is 0 Å². The van der Waals surface area contributed by atoms with Gasteiger partial charge < -0.3 is 10.1 Å². The van der Waals surface area contributed by atoms with E-state index in [4.69, 9.17) is 16.3 Å². The van der Waals surface area contributed by atoms with E-state index in [1.54, 1.807) is 30.3 Å². The summed E-state index contributed by atoms with van der Waals surface area (Å²) in [6.45, 7) is 5.10. The minimum absolute atomic E-state index is 0.0646. The summed E-state index contributed by atoms with van der Waals surface area (Å²) in [5.74, 6) is 1.38. The monoisotopic (exact) mass is 494 g/mol. The molecule has 0 saturated heterocycles. The Balaban J connectivity index is 2.06. The Kier molecular flexibility index (Phi) is 11.0. The molecule has 1 atom stereocenters. The van der Waals surface area contributed by atoms with Crippen LogP contribution in [0.25, 0.3) is 0 Å². The van der Waals surface area contributed by atoms with Crippen molar-refractivity contribution in [2.45, 2.75) is 52.4 Å². The zero-order valence-electron chi connectivity index (χ0n) is 19.7. The second-order valence-corrected chi connectivity index (χ2v) is 10.5. The van der Waals surface area contributed by atoms with Gasteiger partial charge in [0.25, 0.3) is 0 Å². The number of nitrogens with one attached hydrogen (secondary N) is 1. The molecule has 0 aliphatic carbocycles. The van der Waals surface area contributed by atoms with E-state index < -0.39 is 10.0 Å². The van der Waals surface area contributed by atoms with E-state index in [0.29, 0.717) is 41.1 Å². The van der Waals surface area contributed by atoms with E-state index in [-0.39, 0.29) is 18.9 Å². The standard InChI is InChI=1S/C25H35ClN2O4S/c1-4-6-11-20(5-2)19-27-25(29)14-10-17-28(33(3,30)31)23-18-21(26)15-16-24(23)32-22-12-8-7-9-13-22/h7-9,12-13,15-16,18,20H,4-6,10-11,14,17,19H2,1-3H3,(H,27,29). The summed E-state index contributed by atoms with van der Waals surface area (Å²) in [6.07, 6.45) is 6.19. The summed E-state index contributed by atoms with van der Waals surface area (Å²) in [5.41, 5.74) is 0.347. The van der Waals surface area contributed by atoms with Crippen LogP contribution in [-0.2, 0) is 14.8 Å². The van der Waals surface area contributed by atoms with Gasteiger partial charge in [0, 0.05) is 24.5 Å². The third-order valence-corrected chi connectivity index (χ3v) is 6.87. The van der Waals surface area contributed by atoms with Crippen LogP contribution in [0.2, 0.25) is 5.02 Å². The fraction of sp³-hybridized carbons (Fsp3) is 0.480. The van der Waals surface area contributed by atoms with Crippen LogP contribution in [0.15, 0.2) is 48.5 Å². The lowest BCUT2D eigenvalue weighted by Gasteiger charge is -2.25. The van der Waals surface area contributed by atoms with E-state index >= 15 is 0 Å². The first-order chi connectivity index (χ1) is 15.7. The Labute approximate surface area is 203 Å². The van der Waals surface area contributed by atoms with Crippen molar-refractivity contribution in [3.8, 4) is 11.5 Å². The molecule has 1 unspecified atom stereocenters. The molecule has 0 fully saturated rings. The van der Waals surface area contributed by atoms with Crippen molar-refractivity contribution in [3.63, 3.8) is 0 Å². The van der Waals surface area contributed by atoms with Crippen LogP contribution in [0.4, 0.5) is 5.69 Å². The average Bonchev–Trinajstić information content (AvgIpc) is 2.78. The molecule has 2 aromatic carbocycles. The quantitative estimate of drug-likeness (QED) is 0.349. The van der Waals surface area contributed by atoms with Gasteiger partial charge in [-0.2, -0.15) is 0 Å². The molecule has 0 spiro atoms. The van der Waals surface area contributed by atoms with Crippen LogP contribution >= 0.6 is 11.6 Å². The number of carbonyl (C=O) groups excluding carboxylic acids is 1. The van der Waals surface area contributed by atoms with Gasteiger partial charge in [0.15, 0.2) is 5.75 Å². The molecule has 0 aliphatic rings. The summed E-state index contributed by atoms with van der Waals surface area (Å²) < 4.78 is 32.4. The SMILES string of the molecule is CCCCC(CC)CNC(=O)CCCN(c1cc(Cl)ccc1Oc1ccccc1)S(C)(=O)=O. The zero-order valence-corrected chi connectivity index (χ0v) is 21.3. The number of benzene rings is 2. The van der Waals surface area contributed by atoms with Crippen LogP contribution < -0.4 is 14.4 Å². The van der Waals surface area contributed by atoms with E-state index in [0.717, 1.165) is 31.9 Å². The molecule has 0 aromatic heterocycles. The summed E-state index contributed by atoms with van der Waals surface area (Å²) in [6, 6.07) is 14.0. The Morgan fingerprint density at radius 2 is 1.85 bits per heavy atom. The highest BCUT2D eigenvalue weighted by Crippen LogP contribution is 2.36. The third kappa shape index (κ3) is 9.26. The number of ether oxygens (including phenoxy) is 1. The predicted octanol–water partition coefficient (Wildman–Crippen LogP) is 6.01. The Hall–Kier alpha value is -2.25. The molecular weight excluding hydrogens is 460 g/mol. The summed E-state index contributed by atoms with van der Waals surface area (Å²) in [7, 11) is -3.62. The number of sulfonamides is 1. The second-order valence-electron chi connectivity index (χ2n) is 8.19. The van der Waals surface area contributed by atoms with E-state index in [9.17, 15) is 13.2 Å². The second kappa shape index (κ2) is 13.5. The van der Waals surface area contributed by atoms with Crippen molar-refractivity contribution in [2.75, 3.05) is 23.7 Å². The number of unbranched alkanes of at least 4 members (excludes halogenated alkanes) is 1. The van der Waals surface area contributed by atoms with Gasteiger partial charge in [-0.05, 0) is 49.1 Å². The van der Waals surface area contributed by atoms with Gasteiger partial charge in [-0.1, -0.05) is 62.9 Å². The fourth-order valence-electron chi connectivity index (χ4n) is 3.53. The molecule has 2 rings (SSSR count). The number of halogens is 1. The number of nitrogens with zero attached hydrogens (tertiary/aromatic N) is 1. The Bertz CT molecular complexity index is 983. The number of rotatable bonds is 14. The van der Waals surface area contributed by atoms with Crippen molar-refractivity contribution in [2.24, 2.45) is 5.92 Å². The number of amides is 1. The number of para-hydroxylation sites is 1. The zero-order chi connectivity index (χ0) is 24.3. The van der Waals surface area contributed by atoms with Crippen molar-refractivity contribution in [3.05, 3.63) is 53.6 Å². The van der Waals surface area contributed by atoms with Crippen molar-refractivity contribution < 1.29 is 17.9 Å². The van der Waals surface area contributed by atoms with Crippen molar-refractivity contribution in [1.29, 1.82) is 0 Å². The number of anilines is 1. The van der Waals surface area contributed by atoms with Gasteiger partial charge in [0.1, 0.15) is 5.75 Å².